The molecule has 0 saturated heterocycles. The molecule has 5 rings (SSSR count). The fourth-order valence-electron chi connectivity index (χ4n) is 5.86. The van der Waals surface area contributed by atoms with Crippen molar-refractivity contribution in [1.29, 1.82) is 0 Å². The van der Waals surface area contributed by atoms with Crippen LogP contribution in [0.25, 0.3) is 0 Å². The molecule has 0 aromatic heterocycles. The van der Waals surface area contributed by atoms with E-state index in [4.69, 9.17) is 0 Å². The Morgan fingerprint density at radius 2 is 1.53 bits per heavy atom. The number of amides is 2. The molecule has 9 heteroatoms. The quantitative estimate of drug-likeness (QED) is 0.449. The maximum atomic E-state index is 12.9. The third-order valence-electron chi connectivity index (χ3n) is 6.83. The summed E-state index contributed by atoms with van der Waals surface area (Å²) in [6, 6.07) is 4.53. The van der Waals surface area contributed by atoms with Gasteiger partial charge in [-0.2, -0.15) is 0 Å². The number of carbonyl (C=O) groups is 2. The topological polar surface area (TPSA) is 104 Å². The highest BCUT2D eigenvalue weighted by Gasteiger charge is 2.54. The molecular weight excluding hydrogens is 409 g/mol. The number of halogens is 1. The number of nitrogens with one attached hydrogen (secondary N) is 3. The van der Waals surface area contributed by atoms with Crippen molar-refractivity contribution in [3.63, 3.8) is 0 Å². The van der Waals surface area contributed by atoms with E-state index in [1.807, 2.05) is 0 Å². The average molecular weight is 438 g/mol. The number of hydrazine groups is 1. The van der Waals surface area contributed by atoms with Crippen molar-refractivity contribution < 1.29 is 22.4 Å². The molecular formula is C21H28FN3O4S. The summed E-state index contributed by atoms with van der Waals surface area (Å²) in [7, 11) is -3.74. The lowest BCUT2D eigenvalue weighted by molar-refractivity contribution is -0.148. The lowest BCUT2D eigenvalue weighted by atomic mass is 9.49. The first kappa shape index (κ1) is 21.2. The molecule has 0 radical (unpaired) electrons. The van der Waals surface area contributed by atoms with Gasteiger partial charge in [0.05, 0.1) is 10.3 Å². The van der Waals surface area contributed by atoms with E-state index in [-0.39, 0.29) is 41.5 Å². The normalized spacial score (nSPS) is 29.6. The van der Waals surface area contributed by atoms with Crippen molar-refractivity contribution in [2.24, 2.45) is 23.2 Å². The minimum Gasteiger partial charge on any atom is -0.273 e. The Morgan fingerprint density at radius 3 is 2.10 bits per heavy atom. The van der Waals surface area contributed by atoms with E-state index in [1.165, 1.54) is 31.4 Å². The van der Waals surface area contributed by atoms with Gasteiger partial charge in [-0.05, 0) is 87.0 Å². The van der Waals surface area contributed by atoms with Gasteiger partial charge in [-0.1, -0.05) is 0 Å². The van der Waals surface area contributed by atoms with E-state index >= 15 is 0 Å². The molecule has 7 nitrogen and oxygen atoms in total. The van der Waals surface area contributed by atoms with Crippen LogP contribution in [0, 0.1) is 29.0 Å². The predicted octanol–water partition coefficient (Wildman–Crippen LogP) is 2.25. The maximum Gasteiger partial charge on any atom is 0.244 e. The molecule has 2 amide bonds. The summed E-state index contributed by atoms with van der Waals surface area (Å²) in [4.78, 5) is 24.8. The number of benzene rings is 1. The second-order valence-electron chi connectivity index (χ2n) is 9.16. The third-order valence-corrected chi connectivity index (χ3v) is 8.31. The molecule has 3 N–H and O–H groups in total. The van der Waals surface area contributed by atoms with Gasteiger partial charge in [0.15, 0.2) is 0 Å². The summed E-state index contributed by atoms with van der Waals surface area (Å²) in [5.41, 5.74) is 4.77. The molecule has 0 heterocycles. The molecule has 0 unspecified atom stereocenters. The zero-order valence-electron chi connectivity index (χ0n) is 16.8. The van der Waals surface area contributed by atoms with Gasteiger partial charge in [-0.25, -0.2) is 17.5 Å². The highest BCUT2D eigenvalue weighted by atomic mass is 32.2. The van der Waals surface area contributed by atoms with Crippen LogP contribution >= 0.6 is 0 Å². The predicted molar refractivity (Wildman–Crippen MR) is 108 cm³/mol. The highest BCUT2D eigenvalue weighted by molar-refractivity contribution is 7.89. The molecule has 4 bridgehead atoms. The number of hydrogen-bond donors (Lipinski definition) is 3. The van der Waals surface area contributed by atoms with Gasteiger partial charge in [0.25, 0.3) is 0 Å². The highest BCUT2D eigenvalue weighted by Crippen LogP contribution is 2.60. The van der Waals surface area contributed by atoms with Crippen LogP contribution in [-0.2, 0) is 19.6 Å². The number of hydrogen-bond acceptors (Lipinski definition) is 4. The summed E-state index contributed by atoms with van der Waals surface area (Å²) in [5, 5.41) is 0. The first-order valence-corrected chi connectivity index (χ1v) is 12.1. The van der Waals surface area contributed by atoms with Crippen molar-refractivity contribution >= 4 is 21.8 Å². The van der Waals surface area contributed by atoms with Gasteiger partial charge in [-0.3, -0.25) is 20.4 Å². The summed E-state index contributed by atoms with van der Waals surface area (Å²) in [5.74, 6) is 0.993. The van der Waals surface area contributed by atoms with Crippen molar-refractivity contribution in [2.75, 3.05) is 6.54 Å². The Labute approximate surface area is 176 Å². The van der Waals surface area contributed by atoms with Crippen LogP contribution in [0.4, 0.5) is 4.39 Å². The first-order chi connectivity index (χ1) is 14.3. The van der Waals surface area contributed by atoms with E-state index in [0.717, 1.165) is 31.4 Å². The molecule has 0 aliphatic heterocycles. The number of sulfonamides is 1. The zero-order chi connectivity index (χ0) is 21.4. The Balaban J connectivity index is 1.18. The van der Waals surface area contributed by atoms with Crippen LogP contribution < -0.4 is 15.6 Å². The van der Waals surface area contributed by atoms with Gasteiger partial charge in [0.2, 0.25) is 21.8 Å². The van der Waals surface area contributed by atoms with E-state index in [9.17, 15) is 22.4 Å². The molecule has 0 spiro atoms. The average Bonchev–Trinajstić information content (AvgIpc) is 2.68. The van der Waals surface area contributed by atoms with Crippen LogP contribution in [0.3, 0.4) is 0 Å². The minimum atomic E-state index is -3.74. The van der Waals surface area contributed by atoms with Gasteiger partial charge < -0.3 is 0 Å². The first-order valence-electron chi connectivity index (χ1n) is 10.6. The third kappa shape index (κ3) is 4.51. The van der Waals surface area contributed by atoms with Crippen LogP contribution in [-0.4, -0.2) is 26.8 Å². The molecule has 30 heavy (non-hydrogen) atoms. The van der Waals surface area contributed by atoms with Crippen LogP contribution in [0.1, 0.15) is 51.4 Å². The van der Waals surface area contributed by atoms with Crippen molar-refractivity contribution in [2.45, 2.75) is 56.3 Å². The number of rotatable bonds is 7. The Hall–Kier alpha value is -2.00. The van der Waals surface area contributed by atoms with Gasteiger partial charge in [-0.15, -0.1) is 0 Å². The van der Waals surface area contributed by atoms with Crippen molar-refractivity contribution in [1.82, 2.24) is 15.6 Å². The zero-order valence-corrected chi connectivity index (χ0v) is 17.6. The molecule has 1 aromatic carbocycles. The van der Waals surface area contributed by atoms with E-state index in [2.05, 4.69) is 15.6 Å². The monoisotopic (exact) mass is 437 g/mol. The maximum absolute atomic E-state index is 12.9. The lowest BCUT2D eigenvalue weighted by Gasteiger charge is -2.55. The van der Waals surface area contributed by atoms with Gasteiger partial charge in [0.1, 0.15) is 5.82 Å². The Kier molecular flexibility index (Phi) is 5.85. The van der Waals surface area contributed by atoms with Crippen LogP contribution in [0.15, 0.2) is 29.2 Å². The summed E-state index contributed by atoms with van der Waals surface area (Å²) in [6.07, 6.45) is 6.85. The van der Waals surface area contributed by atoms with E-state index < -0.39 is 15.8 Å². The van der Waals surface area contributed by atoms with Gasteiger partial charge in [0, 0.05) is 13.0 Å². The second-order valence-corrected chi connectivity index (χ2v) is 10.9. The van der Waals surface area contributed by atoms with Crippen LogP contribution in [0.2, 0.25) is 0 Å². The second kappa shape index (κ2) is 8.26. The molecule has 0 atom stereocenters. The SMILES string of the molecule is O=C(CCCNS(=O)(=O)c1ccc(F)cc1)NNC(=O)C12CC3CC(CC(C3)C1)C2. The Bertz CT molecular complexity index is 881. The van der Waals surface area contributed by atoms with E-state index in [0.29, 0.717) is 17.8 Å². The van der Waals surface area contributed by atoms with Crippen molar-refractivity contribution in [3.05, 3.63) is 30.1 Å². The summed E-state index contributed by atoms with van der Waals surface area (Å²) in [6.45, 7) is 0.0655. The fraction of sp³-hybridized carbons (Fsp3) is 0.619. The lowest BCUT2D eigenvalue weighted by Crippen LogP contribution is -2.56. The van der Waals surface area contributed by atoms with E-state index in [1.54, 1.807) is 0 Å². The van der Waals surface area contributed by atoms with Gasteiger partial charge >= 0.3 is 0 Å². The molecule has 4 saturated carbocycles. The van der Waals surface area contributed by atoms with Crippen molar-refractivity contribution in [3.8, 4) is 0 Å². The summed E-state index contributed by atoms with van der Waals surface area (Å²) < 4.78 is 39.5. The van der Waals surface area contributed by atoms with Crippen LogP contribution in [0.5, 0.6) is 0 Å². The molecule has 164 valence electrons. The number of carbonyl (C=O) groups excluding carboxylic acids is 2. The minimum absolute atomic E-state index is 0.0313. The Morgan fingerprint density at radius 1 is 0.967 bits per heavy atom. The smallest absolute Gasteiger partial charge is 0.244 e. The molecule has 4 aliphatic rings. The summed E-state index contributed by atoms with van der Waals surface area (Å²) >= 11 is 0. The largest absolute Gasteiger partial charge is 0.273 e. The molecule has 4 aliphatic carbocycles. The fourth-order valence-corrected chi connectivity index (χ4v) is 6.94. The molecule has 4 fully saturated rings. The molecule has 1 aromatic rings. The standard InChI is InChI=1S/C21H28FN3O4S/c22-17-3-5-18(6-4-17)30(28,29)23-7-1-2-19(26)24-25-20(27)21-11-14-8-15(12-21)10-16(9-14)13-21/h3-6,14-16,23H,1-2,7-13H2,(H,24,26)(H,25,27).